The Balaban J connectivity index is 2.19. The summed E-state index contributed by atoms with van der Waals surface area (Å²) >= 11 is 0. The number of nitrogens with one attached hydrogen (secondary N) is 1. The van der Waals surface area contributed by atoms with E-state index in [2.05, 4.69) is 12.2 Å². The number of carboxylic acid groups (broad SMARTS) is 1. The summed E-state index contributed by atoms with van der Waals surface area (Å²) in [4.78, 5) is 11.0. The molecular weight excluding hydrogens is 226 g/mol. The van der Waals surface area contributed by atoms with Crippen LogP contribution in [0.15, 0.2) is 23.4 Å². The molecule has 0 aromatic heterocycles. The highest BCUT2D eigenvalue weighted by Gasteiger charge is 2.14. The number of carboxylic acids is 1. The zero-order valence-corrected chi connectivity index (χ0v) is 11.4. The molecule has 0 radical (unpaired) electrons. The largest absolute Gasteiger partial charge is 0.478 e. The van der Waals surface area contributed by atoms with Gasteiger partial charge in [-0.1, -0.05) is 51.2 Å². The predicted octanol–water partition coefficient (Wildman–Crippen LogP) is 3.63. The molecule has 0 aromatic rings. The van der Waals surface area contributed by atoms with Crippen molar-refractivity contribution in [3.63, 3.8) is 0 Å². The molecular formula is C15H25NO2. The molecule has 0 unspecified atom stereocenters. The van der Waals surface area contributed by atoms with Gasteiger partial charge in [0.05, 0.1) is 5.57 Å². The van der Waals surface area contributed by atoms with Crippen LogP contribution < -0.4 is 5.32 Å². The predicted molar refractivity (Wildman–Crippen MR) is 74.4 cm³/mol. The van der Waals surface area contributed by atoms with Crippen molar-refractivity contribution in [3.8, 4) is 0 Å². The van der Waals surface area contributed by atoms with Crippen molar-refractivity contribution in [2.24, 2.45) is 0 Å². The number of hydrogen-bond acceptors (Lipinski definition) is 2. The van der Waals surface area contributed by atoms with E-state index in [0.29, 0.717) is 12.0 Å². The van der Waals surface area contributed by atoms with Crippen LogP contribution in [-0.2, 0) is 4.79 Å². The maximum atomic E-state index is 11.0. The van der Waals surface area contributed by atoms with Crippen molar-refractivity contribution in [2.75, 3.05) is 6.54 Å². The van der Waals surface area contributed by atoms with Gasteiger partial charge in [-0.15, -0.1) is 0 Å². The second-order valence-corrected chi connectivity index (χ2v) is 4.84. The average molecular weight is 251 g/mol. The second-order valence-electron chi connectivity index (χ2n) is 4.84. The van der Waals surface area contributed by atoms with Crippen LogP contribution in [0.3, 0.4) is 0 Å². The van der Waals surface area contributed by atoms with Gasteiger partial charge in [0.25, 0.3) is 0 Å². The molecule has 1 rings (SSSR count). The first-order valence-electron chi connectivity index (χ1n) is 7.10. The number of carbonyl (C=O) groups is 1. The lowest BCUT2D eigenvalue weighted by Crippen LogP contribution is -2.20. The number of unbranched alkanes of at least 4 members (excludes halogenated alkanes) is 5. The van der Waals surface area contributed by atoms with Crippen LogP contribution in [0.25, 0.3) is 0 Å². The van der Waals surface area contributed by atoms with Crippen molar-refractivity contribution in [1.29, 1.82) is 0 Å². The van der Waals surface area contributed by atoms with Gasteiger partial charge in [-0.3, -0.25) is 0 Å². The van der Waals surface area contributed by atoms with Crippen LogP contribution in [0.2, 0.25) is 0 Å². The summed E-state index contributed by atoms with van der Waals surface area (Å²) in [6, 6.07) is 0. The Morgan fingerprint density at radius 2 is 1.83 bits per heavy atom. The van der Waals surface area contributed by atoms with E-state index in [9.17, 15) is 4.79 Å². The van der Waals surface area contributed by atoms with Crippen molar-refractivity contribution >= 4 is 5.97 Å². The summed E-state index contributed by atoms with van der Waals surface area (Å²) < 4.78 is 0. The minimum absolute atomic E-state index is 0.531. The summed E-state index contributed by atoms with van der Waals surface area (Å²) in [6.45, 7) is 3.12. The molecule has 2 N–H and O–H groups in total. The number of allylic oxidation sites excluding steroid dienone is 2. The van der Waals surface area contributed by atoms with E-state index >= 15 is 0 Å². The van der Waals surface area contributed by atoms with Crippen molar-refractivity contribution in [1.82, 2.24) is 5.32 Å². The van der Waals surface area contributed by atoms with Gasteiger partial charge in [0, 0.05) is 18.7 Å². The minimum atomic E-state index is -0.787. The Morgan fingerprint density at radius 3 is 2.56 bits per heavy atom. The lowest BCUT2D eigenvalue weighted by atomic mass is 10.0. The summed E-state index contributed by atoms with van der Waals surface area (Å²) in [5, 5.41) is 12.4. The van der Waals surface area contributed by atoms with Gasteiger partial charge in [-0.2, -0.15) is 0 Å². The lowest BCUT2D eigenvalue weighted by molar-refractivity contribution is -0.132. The first kappa shape index (κ1) is 14.8. The molecule has 18 heavy (non-hydrogen) atoms. The first-order valence-corrected chi connectivity index (χ1v) is 7.10. The van der Waals surface area contributed by atoms with E-state index in [-0.39, 0.29) is 0 Å². The van der Waals surface area contributed by atoms with Crippen LogP contribution >= 0.6 is 0 Å². The van der Waals surface area contributed by atoms with Gasteiger partial charge in [-0.05, 0) is 12.8 Å². The summed E-state index contributed by atoms with van der Waals surface area (Å²) in [5.74, 6) is -0.787. The molecule has 0 heterocycles. The molecule has 0 saturated heterocycles. The van der Waals surface area contributed by atoms with Gasteiger partial charge in [-0.25, -0.2) is 4.79 Å². The Morgan fingerprint density at radius 1 is 1.17 bits per heavy atom. The molecule has 0 fully saturated rings. The minimum Gasteiger partial charge on any atom is -0.478 e. The molecule has 0 bridgehead atoms. The summed E-state index contributed by atoms with van der Waals surface area (Å²) in [7, 11) is 0. The smallest absolute Gasteiger partial charge is 0.333 e. The van der Waals surface area contributed by atoms with Gasteiger partial charge < -0.3 is 10.4 Å². The molecule has 0 amide bonds. The van der Waals surface area contributed by atoms with E-state index in [1.165, 1.54) is 32.1 Å². The molecule has 0 aliphatic heterocycles. The highest BCUT2D eigenvalue weighted by molar-refractivity contribution is 5.88. The van der Waals surface area contributed by atoms with Gasteiger partial charge >= 0.3 is 5.97 Å². The highest BCUT2D eigenvalue weighted by atomic mass is 16.4. The van der Waals surface area contributed by atoms with E-state index in [4.69, 9.17) is 5.11 Å². The Hall–Kier alpha value is -1.25. The zero-order valence-electron chi connectivity index (χ0n) is 11.4. The Labute approximate surface area is 110 Å². The molecule has 1 aliphatic carbocycles. The fourth-order valence-electron chi connectivity index (χ4n) is 2.19. The molecule has 3 nitrogen and oxygen atoms in total. The van der Waals surface area contributed by atoms with Crippen LogP contribution in [0.4, 0.5) is 0 Å². The van der Waals surface area contributed by atoms with E-state index in [1.807, 2.05) is 12.2 Å². The number of rotatable bonds is 9. The van der Waals surface area contributed by atoms with Crippen LogP contribution in [-0.4, -0.2) is 17.6 Å². The van der Waals surface area contributed by atoms with Gasteiger partial charge in [0.1, 0.15) is 0 Å². The van der Waals surface area contributed by atoms with Crippen LogP contribution in [0.5, 0.6) is 0 Å². The van der Waals surface area contributed by atoms with Crippen LogP contribution in [0, 0.1) is 0 Å². The molecule has 102 valence electrons. The van der Waals surface area contributed by atoms with Crippen molar-refractivity contribution in [2.45, 2.75) is 58.3 Å². The molecule has 3 heteroatoms. The molecule has 1 aliphatic rings. The van der Waals surface area contributed by atoms with Crippen molar-refractivity contribution < 1.29 is 9.90 Å². The number of hydrogen-bond donors (Lipinski definition) is 2. The Bertz CT molecular complexity index is 318. The fraction of sp³-hybridized carbons (Fsp3) is 0.667. The van der Waals surface area contributed by atoms with E-state index in [0.717, 1.165) is 25.1 Å². The fourth-order valence-corrected chi connectivity index (χ4v) is 2.19. The average Bonchev–Trinajstić information content (AvgIpc) is 2.38. The maximum absolute atomic E-state index is 11.0. The standard InChI is InChI=1S/C15H25NO2/c1-2-3-4-5-6-9-12-16-14-11-8-7-10-13(14)15(17)18/h7-8,16H,2-6,9-12H2,1H3,(H,17,18). The normalized spacial score (nSPS) is 14.9. The molecule has 0 atom stereocenters. The number of aliphatic carboxylic acids is 1. The zero-order chi connectivity index (χ0) is 13.2. The monoisotopic (exact) mass is 251 g/mol. The topological polar surface area (TPSA) is 49.3 Å². The van der Waals surface area contributed by atoms with E-state index in [1.54, 1.807) is 0 Å². The summed E-state index contributed by atoms with van der Waals surface area (Å²) in [5.41, 5.74) is 1.43. The third-order valence-corrected chi connectivity index (χ3v) is 3.30. The lowest BCUT2D eigenvalue weighted by Gasteiger charge is -2.15. The third-order valence-electron chi connectivity index (χ3n) is 3.30. The first-order chi connectivity index (χ1) is 8.75. The molecule has 0 spiro atoms. The summed E-state index contributed by atoms with van der Waals surface area (Å²) in [6.07, 6.45) is 12.8. The highest BCUT2D eigenvalue weighted by Crippen LogP contribution is 2.17. The molecule has 0 aromatic carbocycles. The second kappa shape index (κ2) is 8.78. The third kappa shape index (κ3) is 5.39. The maximum Gasteiger partial charge on any atom is 0.333 e. The van der Waals surface area contributed by atoms with Crippen molar-refractivity contribution in [3.05, 3.63) is 23.4 Å². The quantitative estimate of drug-likeness (QED) is 0.486. The van der Waals surface area contributed by atoms with Gasteiger partial charge in [0.15, 0.2) is 0 Å². The van der Waals surface area contributed by atoms with Gasteiger partial charge in [0.2, 0.25) is 0 Å². The SMILES string of the molecule is CCCCCCCCNC1=C(C(=O)O)CC=CC1. The molecule has 0 saturated carbocycles. The Kier molecular flexibility index (Phi) is 7.23. The van der Waals surface area contributed by atoms with E-state index < -0.39 is 5.97 Å². The van der Waals surface area contributed by atoms with Crippen LogP contribution in [0.1, 0.15) is 58.3 Å².